The van der Waals surface area contributed by atoms with Crippen LogP contribution in [0.1, 0.15) is 44.2 Å². The fraction of sp³-hybridized carbons (Fsp3) is 0.423. The lowest BCUT2D eigenvalue weighted by Crippen LogP contribution is -2.56. The number of amides is 1. The first kappa shape index (κ1) is 23.8. The predicted molar refractivity (Wildman–Crippen MR) is 125 cm³/mol. The molecule has 0 unspecified atom stereocenters. The van der Waals surface area contributed by atoms with Crippen LogP contribution in [0, 0.1) is 0 Å². The van der Waals surface area contributed by atoms with Crippen LogP contribution in [0.5, 0.6) is 0 Å². The van der Waals surface area contributed by atoms with Crippen molar-refractivity contribution in [3.63, 3.8) is 0 Å². The SMILES string of the molecule is CC(C)(C)OC(=O)CN1CC[C@@](NC(=O)OCC2c3ccccc3-c3ccccc32)(C(=O)O)C1. The number of rotatable bonds is 6. The monoisotopic (exact) mass is 466 g/mol. The zero-order valence-electron chi connectivity index (χ0n) is 19.7. The predicted octanol–water partition coefficient (Wildman–Crippen LogP) is 3.40. The van der Waals surface area contributed by atoms with Gasteiger partial charge in [0.1, 0.15) is 12.2 Å². The van der Waals surface area contributed by atoms with Crippen LogP contribution in [-0.4, -0.2) is 65.4 Å². The van der Waals surface area contributed by atoms with Gasteiger partial charge in [-0.15, -0.1) is 0 Å². The van der Waals surface area contributed by atoms with Crippen molar-refractivity contribution in [2.45, 2.75) is 44.2 Å². The number of hydrogen-bond acceptors (Lipinski definition) is 6. The third kappa shape index (κ3) is 4.92. The number of carbonyl (C=O) groups is 3. The quantitative estimate of drug-likeness (QED) is 0.629. The molecule has 0 bridgehead atoms. The number of carboxylic acid groups (broad SMARTS) is 1. The van der Waals surface area contributed by atoms with Gasteiger partial charge in [0.2, 0.25) is 0 Å². The highest BCUT2D eigenvalue weighted by Gasteiger charge is 2.47. The first-order chi connectivity index (χ1) is 16.1. The number of likely N-dealkylation sites (tertiary alicyclic amines) is 1. The molecule has 8 heteroatoms. The Kier molecular flexibility index (Phi) is 6.36. The van der Waals surface area contributed by atoms with Crippen molar-refractivity contribution in [2.75, 3.05) is 26.2 Å². The summed E-state index contributed by atoms with van der Waals surface area (Å²) in [5.41, 5.74) is 2.23. The molecule has 0 saturated carbocycles. The van der Waals surface area contributed by atoms with Crippen LogP contribution >= 0.6 is 0 Å². The maximum atomic E-state index is 12.7. The maximum Gasteiger partial charge on any atom is 0.408 e. The summed E-state index contributed by atoms with van der Waals surface area (Å²) in [5, 5.41) is 12.4. The van der Waals surface area contributed by atoms with Crippen molar-refractivity contribution in [1.29, 1.82) is 0 Å². The molecule has 34 heavy (non-hydrogen) atoms. The number of alkyl carbamates (subject to hydrolysis) is 1. The Bertz CT molecular complexity index is 1060. The molecule has 1 aliphatic carbocycles. The Labute approximate surface area is 198 Å². The number of benzene rings is 2. The van der Waals surface area contributed by atoms with Crippen LogP contribution in [0.25, 0.3) is 11.1 Å². The van der Waals surface area contributed by atoms with Gasteiger partial charge in [-0.1, -0.05) is 48.5 Å². The Hall–Kier alpha value is -3.39. The first-order valence-electron chi connectivity index (χ1n) is 11.4. The van der Waals surface area contributed by atoms with Crippen molar-refractivity contribution in [3.05, 3.63) is 59.7 Å². The van der Waals surface area contributed by atoms with Crippen LogP contribution in [0.3, 0.4) is 0 Å². The minimum absolute atomic E-state index is 0.00816. The molecule has 4 rings (SSSR count). The number of carbonyl (C=O) groups excluding carboxylic acids is 2. The summed E-state index contributed by atoms with van der Waals surface area (Å²) in [7, 11) is 0. The van der Waals surface area contributed by atoms with E-state index in [4.69, 9.17) is 9.47 Å². The summed E-state index contributed by atoms with van der Waals surface area (Å²) >= 11 is 0. The molecule has 1 amide bonds. The van der Waals surface area contributed by atoms with Gasteiger partial charge in [-0.2, -0.15) is 0 Å². The van der Waals surface area contributed by atoms with Crippen molar-refractivity contribution in [2.24, 2.45) is 0 Å². The van der Waals surface area contributed by atoms with E-state index in [1.54, 1.807) is 25.7 Å². The lowest BCUT2D eigenvalue weighted by molar-refractivity contribution is -0.156. The largest absolute Gasteiger partial charge is 0.479 e. The molecule has 8 nitrogen and oxygen atoms in total. The van der Waals surface area contributed by atoms with Crippen LogP contribution in [0.15, 0.2) is 48.5 Å². The minimum atomic E-state index is -1.52. The van der Waals surface area contributed by atoms with E-state index >= 15 is 0 Å². The van der Waals surface area contributed by atoms with E-state index in [1.165, 1.54) is 0 Å². The molecule has 2 aromatic rings. The molecular weight excluding hydrogens is 436 g/mol. The van der Waals surface area contributed by atoms with Crippen LogP contribution in [0.2, 0.25) is 0 Å². The number of ether oxygens (including phenoxy) is 2. The molecule has 2 N–H and O–H groups in total. The summed E-state index contributed by atoms with van der Waals surface area (Å²) < 4.78 is 10.9. The first-order valence-corrected chi connectivity index (χ1v) is 11.4. The Morgan fingerprint density at radius 2 is 1.65 bits per heavy atom. The minimum Gasteiger partial charge on any atom is -0.479 e. The van der Waals surface area contributed by atoms with Gasteiger partial charge in [0.15, 0.2) is 5.54 Å². The van der Waals surface area contributed by atoms with E-state index in [0.717, 1.165) is 22.3 Å². The zero-order valence-corrected chi connectivity index (χ0v) is 19.7. The van der Waals surface area contributed by atoms with Crippen molar-refractivity contribution >= 4 is 18.0 Å². The fourth-order valence-electron chi connectivity index (χ4n) is 4.74. The van der Waals surface area contributed by atoms with E-state index in [-0.39, 0.29) is 32.0 Å². The van der Waals surface area contributed by atoms with E-state index in [2.05, 4.69) is 5.32 Å². The Morgan fingerprint density at radius 3 is 2.21 bits per heavy atom. The number of fused-ring (bicyclic) bond motifs is 3. The second-order valence-corrected chi connectivity index (χ2v) is 9.88. The second kappa shape index (κ2) is 9.10. The number of aliphatic carboxylic acids is 1. The molecule has 0 spiro atoms. The van der Waals surface area contributed by atoms with Gasteiger partial charge in [-0.25, -0.2) is 9.59 Å². The summed E-state index contributed by atoms with van der Waals surface area (Å²) in [5.74, 6) is -1.71. The molecule has 0 aromatic heterocycles. The van der Waals surface area contributed by atoms with Crippen LogP contribution in [0.4, 0.5) is 4.79 Å². The van der Waals surface area contributed by atoms with Crippen molar-refractivity contribution < 1.29 is 29.0 Å². The van der Waals surface area contributed by atoms with E-state index in [9.17, 15) is 19.5 Å². The average molecular weight is 467 g/mol. The lowest BCUT2D eigenvalue weighted by atomic mass is 9.98. The third-order valence-electron chi connectivity index (χ3n) is 6.22. The Balaban J connectivity index is 1.39. The van der Waals surface area contributed by atoms with Crippen molar-refractivity contribution in [3.8, 4) is 11.1 Å². The van der Waals surface area contributed by atoms with Crippen LogP contribution < -0.4 is 5.32 Å². The number of esters is 1. The molecule has 1 atom stereocenters. The van der Waals surface area contributed by atoms with Crippen LogP contribution in [-0.2, 0) is 19.1 Å². The summed E-state index contributed by atoms with van der Waals surface area (Å²) in [6.07, 6.45) is -0.627. The van der Waals surface area contributed by atoms with Gasteiger partial charge in [-0.05, 0) is 49.4 Å². The van der Waals surface area contributed by atoms with E-state index < -0.39 is 29.2 Å². The Morgan fingerprint density at radius 1 is 1.06 bits per heavy atom. The molecule has 1 fully saturated rings. The van der Waals surface area contributed by atoms with Gasteiger partial charge in [0, 0.05) is 19.0 Å². The topological polar surface area (TPSA) is 105 Å². The van der Waals surface area contributed by atoms with Gasteiger partial charge in [0.25, 0.3) is 0 Å². The average Bonchev–Trinajstić information content (AvgIpc) is 3.30. The summed E-state index contributed by atoms with van der Waals surface area (Å²) in [6, 6.07) is 16.0. The van der Waals surface area contributed by atoms with Gasteiger partial charge < -0.3 is 19.9 Å². The molecular formula is C26H30N2O6. The van der Waals surface area contributed by atoms with Gasteiger partial charge >= 0.3 is 18.0 Å². The number of nitrogens with zero attached hydrogens (tertiary/aromatic N) is 1. The molecule has 2 aliphatic rings. The summed E-state index contributed by atoms with van der Waals surface area (Å²) in [6.45, 7) is 5.70. The molecule has 1 heterocycles. The highest BCUT2D eigenvalue weighted by Crippen LogP contribution is 2.44. The number of carboxylic acids is 1. The van der Waals surface area contributed by atoms with Crippen molar-refractivity contribution in [1.82, 2.24) is 10.2 Å². The summed E-state index contributed by atoms with van der Waals surface area (Å²) in [4.78, 5) is 38.6. The third-order valence-corrected chi connectivity index (χ3v) is 6.22. The van der Waals surface area contributed by atoms with E-state index in [1.807, 2.05) is 48.5 Å². The molecule has 0 radical (unpaired) electrons. The molecule has 1 saturated heterocycles. The van der Waals surface area contributed by atoms with Gasteiger partial charge in [0.05, 0.1) is 6.54 Å². The highest BCUT2D eigenvalue weighted by atomic mass is 16.6. The lowest BCUT2D eigenvalue weighted by Gasteiger charge is -2.26. The number of hydrogen-bond donors (Lipinski definition) is 2. The molecule has 1 aliphatic heterocycles. The fourth-order valence-corrected chi connectivity index (χ4v) is 4.74. The normalized spacial score (nSPS) is 19.9. The zero-order chi connectivity index (χ0) is 24.5. The number of nitrogens with one attached hydrogen (secondary N) is 1. The highest BCUT2D eigenvalue weighted by molar-refractivity contribution is 5.85. The van der Waals surface area contributed by atoms with Gasteiger partial charge in [-0.3, -0.25) is 9.69 Å². The second-order valence-electron chi connectivity index (χ2n) is 9.88. The maximum absolute atomic E-state index is 12.7. The standard InChI is InChI=1S/C26H30N2O6/c1-25(2,3)34-22(29)14-28-13-12-26(16-28,23(30)31)27-24(32)33-15-21-19-10-6-4-8-17(19)18-9-5-7-11-20(18)21/h4-11,21H,12-16H2,1-3H3,(H,27,32)(H,30,31)/t26-/m0/s1. The van der Waals surface area contributed by atoms with E-state index in [0.29, 0.717) is 6.54 Å². The molecule has 180 valence electrons. The molecule has 2 aromatic carbocycles. The smallest absolute Gasteiger partial charge is 0.408 e.